The highest BCUT2D eigenvalue weighted by Crippen LogP contribution is 2.44. The van der Waals surface area contributed by atoms with Crippen LogP contribution in [0.2, 0.25) is 0 Å². The lowest BCUT2D eigenvalue weighted by Gasteiger charge is -2.36. The van der Waals surface area contributed by atoms with Gasteiger partial charge in [0, 0.05) is 0 Å². The molecule has 0 heterocycles. The first-order valence-corrected chi connectivity index (χ1v) is 11.1. The molecule has 138 valence electrons. The lowest BCUT2D eigenvalue weighted by Crippen LogP contribution is -2.26. The zero-order valence-corrected chi connectivity index (χ0v) is 16.5. The summed E-state index contributed by atoms with van der Waals surface area (Å²) in [5.41, 5.74) is 0.0455. The molecule has 0 N–H and O–H groups in total. The Hall–Kier alpha value is -0.510. The third-order valence-electron chi connectivity index (χ3n) is 7.20. The van der Waals surface area contributed by atoms with Gasteiger partial charge in [0.1, 0.15) is 0 Å². The maximum atomic E-state index is 9.68. The number of unbranched alkanes of at least 4 members (excludes halogenated alkanes) is 2. The van der Waals surface area contributed by atoms with Crippen molar-refractivity contribution < 1.29 is 0 Å². The van der Waals surface area contributed by atoms with Gasteiger partial charge < -0.3 is 0 Å². The Bertz CT molecular complexity index is 364. The van der Waals surface area contributed by atoms with Gasteiger partial charge in [-0.3, -0.25) is 0 Å². The molecule has 24 heavy (non-hydrogen) atoms. The van der Waals surface area contributed by atoms with Crippen LogP contribution in [0.15, 0.2) is 0 Å². The predicted molar refractivity (Wildman–Crippen MR) is 104 cm³/mol. The van der Waals surface area contributed by atoms with Crippen LogP contribution in [0.1, 0.15) is 117 Å². The fraction of sp³-hybridized carbons (Fsp3) is 0.957. The van der Waals surface area contributed by atoms with Crippen LogP contribution >= 0.6 is 0 Å². The summed E-state index contributed by atoms with van der Waals surface area (Å²) in [6.45, 7) is 4.59. The Morgan fingerprint density at radius 3 is 1.79 bits per heavy atom. The molecule has 2 aliphatic carbocycles. The highest BCUT2D eigenvalue weighted by atomic mass is 14.4. The number of nitriles is 1. The standard InChI is InChI=1S/C23H41N/c1-3-5-6-16-23(19-24)17-14-22(15-18-23)13-12-21-10-8-20(7-4-2)9-11-21/h20-22H,3-18H2,1-2H3/t20-,21-,22-,23-. The Kier molecular flexibility index (Phi) is 8.65. The van der Waals surface area contributed by atoms with E-state index in [0.717, 1.165) is 24.2 Å². The first-order chi connectivity index (χ1) is 11.7. The number of nitrogens with zero attached hydrogens (tertiary/aromatic N) is 1. The summed E-state index contributed by atoms with van der Waals surface area (Å²) in [5.74, 6) is 2.98. The van der Waals surface area contributed by atoms with Crippen molar-refractivity contribution in [1.82, 2.24) is 0 Å². The van der Waals surface area contributed by atoms with Crippen LogP contribution in [0, 0.1) is 34.5 Å². The molecule has 2 aliphatic rings. The number of rotatable bonds is 9. The van der Waals surface area contributed by atoms with Crippen molar-refractivity contribution in [2.75, 3.05) is 0 Å². The van der Waals surface area contributed by atoms with E-state index in [1.54, 1.807) is 0 Å². The maximum absolute atomic E-state index is 9.68. The second kappa shape index (κ2) is 10.5. The highest BCUT2D eigenvalue weighted by molar-refractivity contribution is 5.01. The molecule has 0 aromatic carbocycles. The van der Waals surface area contributed by atoms with Gasteiger partial charge in [0.05, 0.1) is 11.5 Å². The van der Waals surface area contributed by atoms with Crippen LogP contribution in [0.3, 0.4) is 0 Å². The maximum Gasteiger partial charge on any atom is 0.0689 e. The Morgan fingerprint density at radius 1 is 0.750 bits per heavy atom. The lowest BCUT2D eigenvalue weighted by atomic mass is 9.67. The van der Waals surface area contributed by atoms with Crippen molar-refractivity contribution in [3.63, 3.8) is 0 Å². The van der Waals surface area contributed by atoms with Crippen LogP contribution in [0.4, 0.5) is 0 Å². The van der Waals surface area contributed by atoms with Gasteiger partial charge in [-0.2, -0.15) is 5.26 Å². The minimum atomic E-state index is 0.0455. The molecular weight excluding hydrogens is 290 g/mol. The topological polar surface area (TPSA) is 23.8 Å². The SMILES string of the molecule is CCCCC[C@]1(C#N)CC[C@H](CC[C@H]2CC[C@H](CCC)CC2)CC1. The van der Waals surface area contributed by atoms with Crippen molar-refractivity contribution in [3.05, 3.63) is 0 Å². The highest BCUT2D eigenvalue weighted by Gasteiger charge is 2.35. The van der Waals surface area contributed by atoms with E-state index in [0.29, 0.717) is 0 Å². The molecule has 0 bridgehead atoms. The minimum Gasteiger partial charge on any atom is -0.198 e. The van der Waals surface area contributed by atoms with Gasteiger partial charge in [0.15, 0.2) is 0 Å². The second-order valence-corrected chi connectivity index (χ2v) is 9.05. The molecule has 0 unspecified atom stereocenters. The zero-order valence-electron chi connectivity index (χ0n) is 16.5. The first kappa shape index (κ1) is 19.8. The molecule has 1 nitrogen and oxygen atoms in total. The van der Waals surface area contributed by atoms with Gasteiger partial charge in [0.25, 0.3) is 0 Å². The smallest absolute Gasteiger partial charge is 0.0689 e. The number of hydrogen-bond donors (Lipinski definition) is 0. The van der Waals surface area contributed by atoms with E-state index in [4.69, 9.17) is 0 Å². The van der Waals surface area contributed by atoms with E-state index < -0.39 is 0 Å². The predicted octanol–water partition coefficient (Wildman–Crippen LogP) is 7.65. The molecule has 0 aromatic rings. The van der Waals surface area contributed by atoms with Gasteiger partial charge in [-0.05, 0) is 49.9 Å². The molecule has 0 aliphatic heterocycles. The first-order valence-electron chi connectivity index (χ1n) is 11.1. The van der Waals surface area contributed by atoms with Crippen LogP contribution in [0.5, 0.6) is 0 Å². The third-order valence-corrected chi connectivity index (χ3v) is 7.20. The fourth-order valence-corrected chi connectivity index (χ4v) is 5.34. The van der Waals surface area contributed by atoms with Crippen molar-refractivity contribution >= 4 is 0 Å². The Balaban J connectivity index is 1.63. The summed E-state index contributed by atoms with van der Waals surface area (Å²) in [7, 11) is 0. The monoisotopic (exact) mass is 331 g/mol. The zero-order chi connectivity index (χ0) is 17.3. The van der Waals surface area contributed by atoms with E-state index in [2.05, 4.69) is 19.9 Å². The molecule has 2 saturated carbocycles. The molecular formula is C23H41N. The summed E-state index contributed by atoms with van der Waals surface area (Å²) in [6, 6.07) is 2.72. The Labute approximate surface area is 151 Å². The molecule has 2 rings (SSSR count). The number of hydrogen-bond acceptors (Lipinski definition) is 1. The van der Waals surface area contributed by atoms with Gasteiger partial charge in [-0.25, -0.2) is 0 Å². The van der Waals surface area contributed by atoms with Gasteiger partial charge in [-0.1, -0.05) is 84.5 Å². The van der Waals surface area contributed by atoms with E-state index in [1.165, 1.54) is 96.3 Å². The van der Waals surface area contributed by atoms with Crippen molar-refractivity contribution in [3.8, 4) is 6.07 Å². The molecule has 1 heteroatoms. The van der Waals surface area contributed by atoms with Crippen molar-refractivity contribution in [2.24, 2.45) is 23.2 Å². The van der Waals surface area contributed by atoms with Crippen LogP contribution < -0.4 is 0 Å². The summed E-state index contributed by atoms with van der Waals surface area (Å²) in [4.78, 5) is 0. The molecule has 2 fully saturated rings. The van der Waals surface area contributed by atoms with Crippen LogP contribution in [0.25, 0.3) is 0 Å². The molecule has 0 atom stereocenters. The fourth-order valence-electron chi connectivity index (χ4n) is 5.34. The van der Waals surface area contributed by atoms with E-state index >= 15 is 0 Å². The van der Waals surface area contributed by atoms with Crippen LogP contribution in [-0.2, 0) is 0 Å². The van der Waals surface area contributed by atoms with Gasteiger partial charge in [0.2, 0.25) is 0 Å². The van der Waals surface area contributed by atoms with Gasteiger partial charge in [-0.15, -0.1) is 0 Å². The molecule has 0 saturated heterocycles. The van der Waals surface area contributed by atoms with Gasteiger partial charge >= 0.3 is 0 Å². The van der Waals surface area contributed by atoms with Crippen LogP contribution in [-0.4, -0.2) is 0 Å². The molecule has 0 spiro atoms. The average molecular weight is 332 g/mol. The van der Waals surface area contributed by atoms with E-state index in [1.807, 2.05) is 0 Å². The molecule has 0 amide bonds. The summed E-state index contributed by atoms with van der Waals surface area (Å²) in [5, 5.41) is 9.68. The largest absolute Gasteiger partial charge is 0.198 e. The van der Waals surface area contributed by atoms with Crippen molar-refractivity contribution in [2.45, 2.75) is 117 Å². The van der Waals surface area contributed by atoms with Crippen molar-refractivity contribution in [1.29, 1.82) is 5.26 Å². The van der Waals surface area contributed by atoms with E-state index in [9.17, 15) is 5.26 Å². The lowest BCUT2D eigenvalue weighted by molar-refractivity contribution is 0.171. The molecule has 0 radical (unpaired) electrons. The minimum absolute atomic E-state index is 0.0455. The third kappa shape index (κ3) is 6.09. The Morgan fingerprint density at radius 2 is 1.29 bits per heavy atom. The quantitative estimate of drug-likeness (QED) is 0.398. The summed E-state index contributed by atoms with van der Waals surface area (Å²) < 4.78 is 0. The summed E-state index contributed by atoms with van der Waals surface area (Å²) in [6.07, 6.45) is 21.7. The summed E-state index contributed by atoms with van der Waals surface area (Å²) >= 11 is 0. The molecule has 0 aromatic heterocycles. The average Bonchev–Trinajstić information content (AvgIpc) is 2.63. The van der Waals surface area contributed by atoms with E-state index in [-0.39, 0.29) is 5.41 Å². The normalized spacial score (nSPS) is 34.0. The second-order valence-electron chi connectivity index (χ2n) is 9.05.